The van der Waals surface area contributed by atoms with Crippen LogP contribution in [0.2, 0.25) is 0 Å². The second kappa shape index (κ2) is 13.0. The van der Waals surface area contributed by atoms with E-state index in [0.717, 1.165) is 36.3 Å². The molecule has 1 fully saturated rings. The van der Waals surface area contributed by atoms with Gasteiger partial charge in [-0.2, -0.15) is 0 Å². The standard InChI is InChI=1S/C25H28N4O2S.2H2O/c1-28(18-20-16-27-24(17-26-20)19-8-10-23(32-2)11-9-19)21-12-14-29(15-13-21)25(30)31-22-6-4-3-5-7-22;;/h3-11,16-17,21H,12-15,18H2,1-2H3;2*1H2. The molecule has 182 valence electrons. The van der Waals surface area contributed by atoms with Gasteiger partial charge in [-0.1, -0.05) is 30.3 Å². The average molecular weight is 485 g/mol. The Morgan fingerprint density at radius 3 is 2.29 bits per heavy atom. The number of aromatic nitrogens is 2. The molecule has 0 unspecified atom stereocenters. The second-order valence-electron chi connectivity index (χ2n) is 7.94. The van der Waals surface area contributed by atoms with Crippen LogP contribution < -0.4 is 4.74 Å². The van der Waals surface area contributed by atoms with E-state index in [1.165, 1.54) is 4.90 Å². The molecule has 1 aliphatic rings. The van der Waals surface area contributed by atoms with Crippen LogP contribution in [0, 0.1) is 0 Å². The average Bonchev–Trinajstić information content (AvgIpc) is 2.85. The van der Waals surface area contributed by atoms with Crippen LogP contribution in [0.5, 0.6) is 5.75 Å². The van der Waals surface area contributed by atoms with Crippen LogP contribution in [-0.4, -0.2) is 69.2 Å². The van der Waals surface area contributed by atoms with E-state index in [1.54, 1.807) is 28.8 Å². The molecule has 2 aromatic carbocycles. The summed E-state index contributed by atoms with van der Waals surface area (Å²) in [4.78, 5) is 27.0. The fourth-order valence-electron chi connectivity index (χ4n) is 3.88. The first-order valence-corrected chi connectivity index (χ1v) is 12.0. The third-order valence-corrected chi connectivity index (χ3v) is 6.54. The zero-order valence-electron chi connectivity index (χ0n) is 19.5. The number of amides is 1. The van der Waals surface area contributed by atoms with Gasteiger partial charge < -0.3 is 20.6 Å². The van der Waals surface area contributed by atoms with Gasteiger partial charge in [-0.3, -0.25) is 14.9 Å². The molecule has 0 saturated carbocycles. The summed E-state index contributed by atoms with van der Waals surface area (Å²) in [5.41, 5.74) is 2.90. The molecule has 4 rings (SSSR count). The Morgan fingerprint density at radius 1 is 1.03 bits per heavy atom. The van der Waals surface area contributed by atoms with Crippen LogP contribution in [-0.2, 0) is 6.54 Å². The molecule has 1 amide bonds. The summed E-state index contributed by atoms with van der Waals surface area (Å²) in [6.07, 6.45) is 7.33. The number of piperidine rings is 1. The highest BCUT2D eigenvalue weighted by Gasteiger charge is 2.26. The summed E-state index contributed by atoms with van der Waals surface area (Å²) in [6, 6.07) is 18.0. The quantitative estimate of drug-likeness (QED) is 0.495. The number of ether oxygens (including phenoxy) is 1. The summed E-state index contributed by atoms with van der Waals surface area (Å²) >= 11 is 1.73. The van der Waals surface area contributed by atoms with Crippen molar-refractivity contribution >= 4 is 17.9 Å². The highest BCUT2D eigenvalue weighted by atomic mass is 32.2. The van der Waals surface area contributed by atoms with E-state index < -0.39 is 0 Å². The lowest BCUT2D eigenvalue weighted by molar-refractivity contribution is 0.107. The van der Waals surface area contributed by atoms with Crippen LogP contribution in [0.25, 0.3) is 11.3 Å². The predicted molar refractivity (Wildman–Crippen MR) is 135 cm³/mol. The molecular formula is C25H32N4O4S. The molecule has 34 heavy (non-hydrogen) atoms. The Morgan fingerprint density at radius 2 is 1.71 bits per heavy atom. The van der Waals surface area contributed by atoms with Gasteiger partial charge in [0.15, 0.2) is 0 Å². The first-order valence-electron chi connectivity index (χ1n) is 10.8. The number of carbonyl (C=O) groups excluding carboxylic acids is 1. The van der Waals surface area contributed by atoms with Gasteiger partial charge in [0.2, 0.25) is 0 Å². The zero-order valence-corrected chi connectivity index (χ0v) is 20.3. The Kier molecular flexibility index (Phi) is 10.5. The van der Waals surface area contributed by atoms with Crippen molar-refractivity contribution in [3.05, 3.63) is 72.7 Å². The summed E-state index contributed by atoms with van der Waals surface area (Å²) in [5.74, 6) is 0.582. The molecule has 1 saturated heterocycles. The van der Waals surface area contributed by atoms with Crippen LogP contribution in [0.3, 0.4) is 0 Å². The summed E-state index contributed by atoms with van der Waals surface area (Å²) in [6.45, 7) is 2.12. The van der Waals surface area contributed by atoms with Crippen LogP contribution in [0.15, 0.2) is 71.9 Å². The van der Waals surface area contributed by atoms with E-state index >= 15 is 0 Å². The number of nitrogens with zero attached hydrogens (tertiary/aromatic N) is 4. The minimum Gasteiger partial charge on any atom is -0.412 e. The number of hydrogen-bond donors (Lipinski definition) is 0. The van der Waals surface area contributed by atoms with Crippen molar-refractivity contribution in [1.82, 2.24) is 19.8 Å². The molecule has 0 atom stereocenters. The van der Waals surface area contributed by atoms with Crippen molar-refractivity contribution in [3.63, 3.8) is 0 Å². The maximum atomic E-state index is 12.4. The Hall–Kier alpha value is -2.98. The van der Waals surface area contributed by atoms with Crippen LogP contribution >= 0.6 is 11.8 Å². The van der Waals surface area contributed by atoms with Gasteiger partial charge in [-0.25, -0.2) is 4.79 Å². The lowest BCUT2D eigenvalue weighted by Gasteiger charge is -2.36. The number of likely N-dealkylation sites (tertiary alicyclic amines) is 1. The predicted octanol–water partition coefficient (Wildman–Crippen LogP) is 3.31. The first kappa shape index (κ1) is 27.3. The van der Waals surface area contributed by atoms with Gasteiger partial charge in [-0.15, -0.1) is 11.8 Å². The van der Waals surface area contributed by atoms with E-state index in [9.17, 15) is 4.79 Å². The van der Waals surface area contributed by atoms with Crippen molar-refractivity contribution < 1.29 is 20.5 Å². The molecule has 4 N–H and O–H groups in total. The largest absolute Gasteiger partial charge is 0.415 e. The van der Waals surface area contributed by atoms with Crippen molar-refractivity contribution in [2.45, 2.75) is 30.3 Å². The normalized spacial score (nSPS) is 13.7. The van der Waals surface area contributed by atoms with Gasteiger partial charge in [0.1, 0.15) is 5.75 Å². The molecule has 0 bridgehead atoms. The van der Waals surface area contributed by atoms with Crippen molar-refractivity contribution in [2.75, 3.05) is 26.4 Å². The molecular weight excluding hydrogens is 452 g/mol. The van der Waals surface area contributed by atoms with Crippen molar-refractivity contribution in [3.8, 4) is 17.0 Å². The smallest absolute Gasteiger partial charge is 0.412 e. The fraction of sp³-hybridized carbons (Fsp3) is 0.320. The Bertz CT molecular complexity index is 1010. The molecule has 0 radical (unpaired) electrons. The SMILES string of the molecule is CSc1ccc(-c2cnc(CN(C)C3CCN(C(=O)Oc4ccccc4)CC3)cn2)cc1.O.O. The number of carbonyl (C=O) groups is 1. The molecule has 2 heterocycles. The van der Waals surface area contributed by atoms with Crippen LogP contribution in [0.4, 0.5) is 4.79 Å². The molecule has 1 aromatic heterocycles. The van der Waals surface area contributed by atoms with E-state index in [2.05, 4.69) is 52.4 Å². The van der Waals surface area contributed by atoms with Gasteiger partial charge >= 0.3 is 6.09 Å². The molecule has 0 spiro atoms. The Balaban J connectivity index is 0.00000204. The number of para-hydroxylation sites is 1. The van der Waals surface area contributed by atoms with E-state index in [1.807, 2.05) is 30.6 Å². The molecule has 8 nitrogen and oxygen atoms in total. The topological polar surface area (TPSA) is 122 Å². The lowest BCUT2D eigenvalue weighted by atomic mass is 10.0. The van der Waals surface area contributed by atoms with Crippen molar-refractivity contribution in [2.24, 2.45) is 0 Å². The van der Waals surface area contributed by atoms with E-state index in [-0.39, 0.29) is 17.0 Å². The zero-order chi connectivity index (χ0) is 22.3. The monoisotopic (exact) mass is 484 g/mol. The summed E-state index contributed by atoms with van der Waals surface area (Å²) < 4.78 is 5.46. The Labute approximate surface area is 204 Å². The van der Waals surface area contributed by atoms with Crippen LogP contribution in [0.1, 0.15) is 18.5 Å². The molecule has 0 aliphatic carbocycles. The highest BCUT2D eigenvalue weighted by molar-refractivity contribution is 7.98. The first-order chi connectivity index (χ1) is 15.6. The summed E-state index contributed by atoms with van der Waals surface area (Å²) in [7, 11) is 2.11. The number of benzene rings is 2. The van der Waals surface area contributed by atoms with E-state index in [4.69, 9.17) is 4.74 Å². The maximum absolute atomic E-state index is 12.4. The molecule has 3 aromatic rings. The highest BCUT2D eigenvalue weighted by Crippen LogP contribution is 2.22. The van der Waals surface area contributed by atoms with Gasteiger partial charge in [0.05, 0.1) is 23.8 Å². The number of rotatable bonds is 6. The van der Waals surface area contributed by atoms with Gasteiger partial charge in [0.25, 0.3) is 0 Å². The van der Waals surface area contributed by atoms with Gasteiger partial charge in [0, 0.05) is 36.1 Å². The number of thioether (sulfide) groups is 1. The summed E-state index contributed by atoms with van der Waals surface area (Å²) in [5, 5.41) is 0. The minimum absolute atomic E-state index is 0. The molecule has 9 heteroatoms. The van der Waals surface area contributed by atoms with E-state index in [0.29, 0.717) is 24.9 Å². The maximum Gasteiger partial charge on any atom is 0.415 e. The second-order valence-corrected chi connectivity index (χ2v) is 8.82. The minimum atomic E-state index is -0.274. The lowest BCUT2D eigenvalue weighted by Crippen LogP contribution is -2.46. The fourth-order valence-corrected chi connectivity index (χ4v) is 4.28. The number of hydrogen-bond acceptors (Lipinski definition) is 6. The third-order valence-electron chi connectivity index (χ3n) is 5.80. The molecule has 1 aliphatic heterocycles. The van der Waals surface area contributed by atoms with Gasteiger partial charge in [-0.05, 0) is 50.4 Å². The van der Waals surface area contributed by atoms with Crippen molar-refractivity contribution in [1.29, 1.82) is 0 Å². The third kappa shape index (κ3) is 7.01.